The van der Waals surface area contributed by atoms with E-state index in [1.165, 1.54) is 0 Å². The molecule has 0 amide bonds. The van der Waals surface area contributed by atoms with Gasteiger partial charge >= 0.3 is 0 Å². The van der Waals surface area contributed by atoms with Gasteiger partial charge in [-0.2, -0.15) is 0 Å². The van der Waals surface area contributed by atoms with Crippen LogP contribution in [0.5, 0.6) is 0 Å². The molecule has 0 rings (SSSR count). The highest BCUT2D eigenvalue weighted by molar-refractivity contribution is 4.50. The van der Waals surface area contributed by atoms with E-state index in [-0.39, 0.29) is 0 Å². The molecule has 0 fully saturated rings. The Morgan fingerprint density at radius 1 is 0.317 bits per heavy atom. The summed E-state index contributed by atoms with van der Waals surface area (Å²) in [6, 6.07) is 0.482. The Morgan fingerprint density at radius 3 is 0.707 bits per heavy atom. The number of hydrogen-bond donors (Lipinski definition) is 1. The van der Waals surface area contributed by atoms with E-state index in [1.807, 2.05) is 0 Å². The zero-order valence-corrected chi connectivity index (χ0v) is 25.9. The Balaban J connectivity index is 3.03. The van der Waals surface area contributed by atoms with Crippen LogP contribution in [0.1, 0.15) is 13.8 Å². The molecule has 0 saturated carbocycles. The van der Waals surface area contributed by atoms with E-state index >= 15 is 0 Å². The molecule has 41 heavy (non-hydrogen) atoms. The molecular weight excluding hydrogens is 542 g/mol. The third-order valence-electron chi connectivity index (χ3n) is 4.95. The van der Waals surface area contributed by atoms with Crippen molar-refractivity contribution >= 4 is 0 Å². The fraction of sp³-hybridized carbons (Fsp3) is 1.00. The average molecular weight is 602 g/mol. The smallest absolute Gasteiger partial charge is 0.0701 e. The molecule has 0 spiro atoms. The Hall–Kier alpha value is -0.520. The Kier molecular flexibility index (Phi) is 37.0. The lowest BCUT2D eigenvalue weighted by atomic mass is 10.4. The molecule has 0 aromatic carbocycles. The highest BCUT2D eigenvalue weighted by Crippen LogP contribution is 1.87. The van der Waals surface area contributed by atoms with E-state index in [0.717, 1.165) is 6.54 Å². The van der Waals surface area contributed by atoms with Gasteiger partial charge in [0.1, 0.15) is 0 Å². The molecule has 0 atom stereocenters. The highest BCUT2D eigenvalue weighted by Gasteiger charge is 1.97. The molecule has 0 radical (unpaired) electrons. The highest BCUT2D eigenvalue weighted by atomic mass is 16.6. The van der Waals surface area contributed by atoms with E-state index in [0.29, 0.717) is 158 Å². The van der Waals surface area contributed by atoms with Gasteiger partial charge in [0, 0.05) is 19.7 Å². The predicted molar refractivity (Wildman–Crippen MR) is 154 cm³/mol. The number of ether oxygens (including phenoxy) is 12. The van der Waals surface area contributed by atoms with Gasteiger partial charge in [0.15, 0.2) is 0 Å². The molecule has 0 aliphatic carbocycles. The van der Waals surface area contributed by atoms with E-state index in [1.54, 1.807) is 7.11 Å². The quantitative estimate of drug-likeness (QED) is 0.101. The minimum absolute atomic E-state index is 0.482. The van der Waals surface area contributed by atoms with Crippen molar-refractivity contribution in [3.05, 3.63) is 0 Å². The molecule has 0 aromatic rings. The first-order chi connectivity index (χ1) is 20.3. The zero-order valence-electron chi connectivity index (χ0n) is 25.9. The number of nitrogens with one attached hydrogen (secondary N) is 1. The topological polar surface area (TPSA) is 123 Å². The lowest BCUT2D eigenvalue weighted by Crippen LogP contribution is -2.27. The molecule has 0 aliphatic heterocycles. The van der Waals surface area contributed by atoms with Gasteiger partial charge in [-0.25, -0.2) is 0 Å². The van der Waals surface area contributed by atoms with Crippen LogP contribution in [0.3, 0.4) is 0 Å². The minimum Gasteiger partial charge on any atom is -0.382 e. The number of hydrogen-bond acceptors (Lipinski definition) is 13. The maximum atomic E-state index is 5.47. The van der Waals surface area contributed by atoms with Crippen LogP contribution in [-0.4, -0.2) is 172 Å². The molecule has 248 valence electrons. The summed E-state index contributed by atoms with van der Waals surface area (Å²) >= 11 is 0. The summed E-state index contributed by atoms with van der Waals surface area (Å²) in [6.45, 7) is 17.7. The Bertz CT molecular complexity index is 466. The summed E-state index contributed by atoms with van der Waals surface area (Å²) in [5, 5.41) is 3.30. The third-order valence-corrected chi connectivity index (χ3v) is 4.95. The fourth-order valence-corrected chi connectivity index (χ4v) is 2.86. The molecule has 0 bridgehead atoms. The van der Waals surface area contributed by atoms with E-state index in [4.69, 9.17) is 56.8 Å². The van der Waals surface area contributed by atoms with Gasteiger partial charge in [-0.15, -0.1) is 0 Å². The standard InChI is InChI=1S/C28H59NO12/c1-28(2)29-4-5-31-8-9-33-12-13-35-16-17-37-20-21-39-24-25-41-27-26-40-23-22-38-19-18-36-15-14-34-11-10-32-7-6-30-3/h28-29H,4-27H2,1-3H3. The Morgan fingerprint density at radius 2 is 0.512 bits per heavy atom. The average Bonchev–Trinajstić information content (AvgIpc) is 2.97. The van der Waals surface area contributed by atoms with Gasteiger partial charge in [-0.1, -0.05) is 13.8 Å². The third kappa shape index (κ3) is 39.5. The Labute approximate surface area is 248 Å². The van der Waals surface area contributed by atoms with Crippen LogP contribution in [0.2, 0.25) is 0 Å². The first-order valence-corrected chi connectivity index (χ1v) is 14.8. The monoisotopic (exact) mass is 601 g/mol. The summed E-state index contributed by atoms with van der Waals surface area (Å²) in [6.07, 6.45) is 0. The molecular formula is C28H59NO12. The lowest BCUT2D eigenvalue weighted by molar-refractivity contribution is -0.0280. The van der Waals surface area contributed by atoms with E-state index in [9.17, 15) is 0 Å². The molecule has 0 heterocycles. The summed E-state index contributed by atoms with van der Waals surface area (Å²) in [4.78, 5) is 0. The van der Waals surface area contributed by atoms with E-state index in [2.05, 4.69) is 19.2 Å². The van der Waals surface area contributed by atoms with Crippen molar-refractivity contribution in [2.45, 2.75) is 19.9 Å². The maximum absolute atomic E-state index is 5.47. The van der Waals surface area contributed by atoms with Crippen molar-refractivity contribution in [1.82, 2.24) is 5.32 Å². The second kappa shape index (κ2) is 37.5. The molecule has 0 aliphatic rings. The van der Waals surface area contributed by atoms with Gasteiger partial charge in [0.2, 0.25) is 0 Å². The first-order valence-electron chi connectivity index (χ1n) is 14.8. The molecule has 13 heteroatoms. The van der Waals surface area contributed by atoms with Gasteiger partial charge in [-0.05, 0) is 0 Å². The fourth-order valence-electron chi connectivity index (χ4n) is 2.86. The summed E-state index contributed by atoms with van der Waals surface area (Å²) in [7, 11) is 1.65. The molecule has 1 N–H and O–H groups in total. The maximum Gasteiger partial charge on any atom is 0.0701 e. The van der Waals surface area contributed by atoms with Gasteiger partial charge in [0.25, 0.3) is 0 Å². The van der Waals surface area contributed by atoms with Gasteiger partial charge in [-0.3, -0.25) is 0 Å². The van der Waals surface area contributed by atoms with Crippen LogP contribution < -0.4 is 5.32 Å². The normalized spacial score (nSPS) is 11.7. The van der Waals surface area contributed by atoms with Crippen molar-refractivity contribution in [2.24, 2.45) is 0 Å². The molecule has 13 nitrogen and oxygen atoms in total. The molecule has 0 unspecified atom stereocenters. The zero-order chi connectivity index (χ0) is 29.7. The van der Waals surface area contributed by atoms with Crippen molar-refractivity contribution in [3.8, 4) is 0 Å². The number of methoxy groups -OCH3 is 1. The van der Waals surface area contributed by atoms with Gasteiger partial charge in [0.05, 0.1) is 152 Å². The van der Waals surface area contributed by atoms with Crippen LogP contribution in [0, 0.1) is 0 Å². The minimum atomic E-state index is 0.482. The van der Waals surface area contributed by atoms with Crippen LogP contribution in [-0.2, 0) is 56.8 Å². The van der Waals surface area contributed by atoms with Crippen LogP contribution in [0.15, 0.2) is 0 Å². The lowest BCUT2D eigenvalue weighted by Gasteiger charge is -2.09. The van der Waals surface area contributed by atoms with Crippen molar-refractivity contribution in [3.63, 3.8) is 0 Å². The molecule has 0 saturated heterocycles. The largest absolute Gasteiger partial charge is 0.382 e. The van der Waals surface area contributed by atoms with Crippen molar-refractivity contribution in [2.75, 3.05) is 166 Å². The first kappa shape index (κ1) is 40.5. The van der Waals surface area contributed by atoms with Crippen LogP contribution in [0.25, 0.3) is 0 Å². The second-order valence-electron chi connectivity index (χ2n) is 8.84. The van der Waals surface area contributed by atoms with Crippen molar-refractivity contribution < 1.29 is 56.8 Å². The summed E-state index contributed by atoms with van der Waals surface area (Å²) in [5.41, 5.74) is 0. The van der Waals surface area contributed by atoms with Crippen LogP contribution in [0.4, 0.5) is 0 Å². The van der Waals surface area contributed by atoms with E-state index < -0.39 is 0 Å². The SMILES string of the molecule is COCCOCCOCCOCCOCCOCCOCCOCCOCCOCCOCCOCCNC(C)C. The van der Waals surface area contributed by atoms with Crippen molar-refractivity contribution in [1.29, 1.82) is 0 Å². The summed E-state index contributed by atoms with van der Waals surface area (Å²) in [5.74, 6) is 0. The second-order valence-corrected chi connectivity index (χ2v) is 8.84. The summed E-state index contributed by atoms with van der Waals surface area (Å²) < 4.78 is 64.7. The van der Waals surface area contributed by atoms with Gasteiger partial charge < -0.3 is 62.2 Å². The number of rotatable bonds is 37. The predicted octanol–water partition coefficient (Wildman–Crippen LogP) is 0.813. The van der Waals surface area contributed by atoms with Crippen LogP contribution >= 0.6 is 0 Å². The molecule has 0 aromatic heterocycles.